The first kappa shape index (κ1) is 14.5. The van der Waals surface area contributed by atoms with Crippen molar-refractivity contribution in [3.63, 3.8) is 0 Å². The van der Waals surface area contributed by atoms with Gasteiger partial charge >= 0.3 is 0 Å². The van der Waals surface area contributed by atoms with E-state index in [1.54, 1.807) is 6.20 Å². The number of likely N-dealkylation sites (tertiary alicyclic amines) is 2. The van der Waals surface area contributed by atoms with E-state index in [9.17, 15) is 4.79 Å². The van der Waals surface area contributed by atoms with Gasteiger partial charge in [-0.3, -0.25) is 14.7 Å². The molecule has 2 N–H and O–H groups in total. The van der Waals surface area contributed by atoms with Crippen LogP contribution in [0.4, 0.5) is 0 Å². The van der Waals surface area contributed by atoms with Crippen molar-refractivity contribution in [2.24, 2.45) is 5.73 Å². The van der Waals surface area contributed by atoms with Crippen molar-refractivity contribution in [3.8, 4) is 0 Å². The van der Waals surface area contributed by atoms with Crippen LogP contribution in [0.3, 0.4) is 0 Å². The quantitative estimate of drug-likeness (QED) is 0.883. The van der Waals surface area contributed by atoms with Gasteiger partial charge in [0.05, 0.1) is 0 Å². The summed E-state index contributed by atoms with van der Waals surface area (Å²) in [6.07, 6.45) is 4.94. The molecule has 2 saturated heterocycles. The molecule has 114 valence electrons. The second kappa shape index (κ2) is 6.12. The summed E-state index contributed by atoms with van der Waals surface area (Å²) in [5, 5.41) is 0. The van der Waals surface area contributed by atoms with E-state index in [0.29, 0.717) is 12.1 Å². The average molecular weight is 288 g/mol. The van der Waals surface area contributed by atoms with Gasteiger partial charge in [0.25, 0.3) is 5.91 Å². The molecule has 2 aliphatic rings. The average Bonchev–Trinajstić information content (AvgIpc) is 2.97. The summed E-state index contributed by atoms with van der Waals surface area (Å²) < 4.78 is 0. The highest BCUT2D eigenvalue weighted by Gasteiger charge is 2.32. The Morgan fingerprint density at radius 1 is 1.29 bits per heavy atom. The maximum Gasteiger partial charge on any atom is 0.254 e. The van der Waals surface area contributed by atoms with Crippen molar-refractivity contribution in [1.29, 1.82) is 0 Å². The van der Waals surface area contributed by atoms with Crippen LogP contribution in [0.5, 0.6) is 0 Å². The number of hydrogen-bond acceptors (Lipinski definition) is 4. The number of hydrogen-bond donors (Lipinski definition) is 1. The Morgan fingerprint density at radius 3 is 2.76 bits per heavy atom. The zero-order valence-electron chi connectivity index (χ0n) is 12.7. The molecule has 1 unspecified atom stereocenters. The maximum atomic E-state index is 12.5. The van der Waals surface area contributed by atoms with Crippen molar-refractivity contribution in [2.75, 3.05) is 26.2 Å². The summed E-state index contributed by atoms with van der Waals surface area (Å²) in [5.41, 5.74) is 7.61. The third-order valence-electron chi connectivity index (χ3n) is 4.68. The van der Waals surface area contributed by atoms with Gasteiger partial charge in [-0.05, 0) is 51.4 Å². The number of pyridine rings is 1. The Morgan fingerprint density at radius 2 is 2.05 bits per heavy atom. The lowest BCUT2D eigenvalue weighted by atomic mass is 10.0. The first-order valence-electron chi connectivity index (χ1n) is 7.85. The van der Waals surface area contributed by atoms with E-state index in [-0.39, 0.29) is 5.91 Å². The fraction of sp³-hybridized carbons (Fsp3) is 0.625. The normalized spacial score (nSPS) is 24.5. The molecule has 3 heterocycles. The Kier molecular flexibility index (Phi) is 4.22. The molecule has 21 heavy (non-hydrogen) atoms. The molecule has 2 fully saturated rings. The minimum atomic E-state index is 0.136. The molecule has 0 spiro atoms. The third kappa shape index (κ3) is 3.24. The number of piperidine rings is 1. The van der Waals surface area contributed by atoms with E-state index in [2.05, 4.69) is 9.88 Å². The lowest BCUT2D eigenvalue weighted by Gasteiger charge is -2.34. The van der Waals surface area contributed by atoms with Crippen LogP contribution in [0.15, 0.2) is 18.3 Å². The Labute approximate surface area is 126 Å². The molecular formula is C16H24N4O. The van der Waals surface area contributed by atoms with Crippen LogP contribution in [0, 0.1) is 6.92 Å². The predicted octanol–water partition coefficient (Wildman–Crippen LogP) is 1.03. The van der Waals surface area contributed by atoms with Crippen molar-refractivity contribution in [1.82, 2.24) is 14.8 Å². The van der Waals surface area contributed by atoms with Crippen LogP contribution in [0.1, 0.15) is 35.3 Å². The van der Waals surface area contributed by atoms with Crippen LogP contribution >= 0.6 is 0 Å². The number of carbonyl (C=O) groups excluding carboxylic acids is 1. The topological polar surface area (TPSA) is 62.5 Å². The second-order valence-corrected chi connectivity index (χ2v) is 6.25. The number of amides is 1. The summed E-state index contributed by atoms with van der Waals surface area (Å²) in [5.74, 6) is 0.136. The predicted molar refractivity (Wildman–Crippen MR) is 82.1 cm³/mol. The first-order valence-corrected chi connectivity index (χ1v) is 7.85. The molecule has 5 heteroatoms. The van der Waals surface area contributed by atoms with Crippen molar-refractivity contribution in [3.05, 3.63) is 29.6 Å². The van der Waals surface area contributed by atoms with Gasteiger partial charge in [-0.25, -0.2) is 0 Å². The first-order chi connectivity index (χ1) is 10.1. The van der Waals surface area contributed by atoms with E-state index in [1.807, 2.05) is 24.0 Å². The number of nitrogens with two attached hydrogens (primary N) is 1. The highest BCUT2D eigenvalue weighted by Crippen LogP contribution is 2.21. The Balaban J connectivity index is 1.60. The monoisotopic (exact) mass is 288 g/mol. The van der Waals surface area contributed by atoms with Gasteiger partial charge in [-0.2, -0.15) is 0 Å². The minimum Gasteiger partial charge on any atom is -0.337 e. The van der Waals surface area contributed by atoms with Gasteiger partial charge in [0.1, 0.15) is 0 Å². The van der Waals surface area contributed by atoms with Gasteiger partial charge in [-0.15, -0.1) is 0 Å². The fourth-order valence-electron chi connectivity index (χ4n) is 3.37. The summed E-state index contributed by atoms with van der Waals surface area (Å²) in [6.45, 7) is 5.76. The van der Waals surface area contributed by atoms with Crippen molar-refractivity contribution >= 4 is 5.91 Å². The van der Waals surface area contributed by atoms with Crippen LogP contribution in [-0.2, 0) is 0 Å². The smallest absolute Gasteiger partial charge is 0.254 e. The molecule has 0 saturated carbocycles. The van der Waals surface area contributed by atoms with Crippen LogP contribution in [0.25, 0.3) is 0 Å². The highest BCUT2D eigenvalue weighted by atomic mass is 16.2. The van der Waals surface area contributed by atoms with E-state index in [4.69, 9.17) is 5.73 Å². The number of aromatic nitrogens is 1. The Hall–Kier alpha value is -1.46. The van der Waals surface area contributed by atoms with Crippen molar-refractivity contribution in [2.45, 2.75) is 38.3 Å². The molecule has 0 bridgehead atoms. The SMILES string of the molecule is Cc1cc(C(=O)N2CCC(N3CCC(N)CC3)C2)ccn1. The zero-order chi connectivity index (χ0) is 14.8. The molecule has 1 atom stereocenters. The summed E-state index contributed by atoms with van der Waals surface area (Å²) in [6, 6.07) is 4.54. The summed E-state index contributed by atoms with van der Waals surface area (Å²) in [4.78, 5) is 21.2. The highest BCUT2D eigenvalue weighted by molar-refractivity contribution is 5.94. The van der Waals surface area contributed by atoms with Crippen LogP contribution in [-0.4, -0.2) is 59.0 Å². The summed E-state index contributed by atoms with van der Waals surface area (Å²) >= 11 is 0. The second-order valence-electron chi connectivity index (χ2n) is 6.25. The van der Waals surface area contributed by atoms with Gasteiger partial charge in [0, 0.05) is 42.6 Å². The molecule has 1 aromatic rings. The minimum absolute atomic E-state index is 0.136. The van der Waals surface area contributed by atoms with Crippen LogP contribution in [0.2, 0.25) is 0 Å². The lowest BCUT2D eigenvalue weighted by Crippen LogP contribution is -2.46. The molecule has 0 aliphatic carbocycles. The van der Waals surface area contributed by atoms with Gasteiger partial charge < -0.3 is 10.6 Å². The molecule has 1 aromatic heterocycles. The molecular weight excluding hydrogens is 264 g/mol. The maximum absolute atomic E-state index is 12.5. The van der Waals surface area contributed by atoms with Gasteiger partial charge in [0.2, 0.25) is 0 Å². The van der Waals surface area contributed by atoms with E-state index < -0.39 is 0 Å². The number of aryl methyl sites for hydroxylation is 1. The number of carbonyl (C=O) groups is 1. The fourth-order valence-corrected chi connectivity index (χ4v) is 3.37. The van der Waals surface area contributed by atoms with Crippen molar-refractivity contribution < 1.29 is 4.79 Å². The zero-order valence-corrected chi connectivity index (χ0v) is 12.7. The number of rotatable bonds is 2. The molecule has 2 aliphatic heterocycles. The Bertz CT molecular complexity index is 511. The third-order valence-corrected chi connectivity index (χ3v) is 4.68. The van der Waals surface area contributed by atoms with Gasteiger partial charge in [0.15, 0.2) is 0 Å². The largest absolute Gasteiger partial charge is 0.337 e. The van der Waals surface area contributed by atoms with Crippen LogP contribution < -0.4 is 5.73 Å². The summed E-state index contributed by atoms with van der Waals surface area (Å²) in [7, 11) is 0. The molecule has 0 radical (unpaired) electrons. The molecule has 0 aromatic carbocycles. The van der Waals surface area contributed by atoms with Gasteiger partial charge in [-0.1, -0.05) is 0 Å². The molecule has 3 rings (SSSR count). The van der Waals surface area contributed by atoms with E-state index >= 15 is 0 Å². The molecule has 5 nitrogen and oxygen atoms in total. The molecule has 1 amide bonds. The van der Waals surface area contributed by atoms with E-state index in [1.165, 1.54) is 0 Å². The lowest BCUT2D eigenvalue weighted by molar-refractivity contribution is 0.0769. The van der Waals surface area contributed by atoms with E-state index in [0.717, 1.165) is 56.7 Å². The standard InChI is InChI=1S/C16H24N4O/c1-12-10-13(2-6-18-12)16(21)20-9-5-15(11-20)19-7-3-14(17)4-8-19/h2,6,10,14-15H,3-5,7-9,11,17H2,1H3. The number of nitrogens with zero attached hydrogens (tertiary/aromatic N) is 3.